The monoisotopic (exact) mass is 229 g/mol. The smallest absolute Gasteiger partial charge is 0.317 e. The largest absolute Gasteiger partial charge is 0.480 e. The van der Waals surface area contributed by atoms with E-state index in [9.17, 15) is 13.6 Å². The summed E-state index contributed by atoms with van der Waals surface area (Å²) in [5.41, 5.74) is 0.418. The minimum atomic E-state index is -0.980. The lowest BCUT2D eigenvalue weighted by Crippen LogP contribution is -2.28. The molecule has 0 spiro atoms. The topological polar surface area (TPSA) is 40.5 Å². The lowest BCUT2D eigenvalue weighted by molar-refractivity contribution is -0.138. The zero-order valence-corrected chi connectivity index (χ0v) is 9.08. The van der Waals surface area contributed by atoms with Gasteiger partial charge in [0.1, 0.15) is 11.6 Å². The highest BCUT2D eigenvalue weighted by Gasteiger charge is 2.15. The highest BCUT2D eigenvalue weighted by molar-refractivity contribution is 5.69. The van der Waals surface area contributed by atoms with E-state index in [1.165, 1.54) is 17.0 Å². The van der Waals surface area contributed by atoms with Crippen LogP contribution in [-0.4, -0.2) is 29.6 Å². The zero-order chi connectivity index (χ0) is 12.3. The SMILES string of the molecule is CC(c1cc(F)cc(F)c1)N(C)CC(=O)O. The third-order valence-electron chi connectivity index (χ3n) is 2.41. The van der Waals surface area contributed by atoms with E-state index in [2.05, 4.69) is 0 Å². The molecular weight excluding hydrogens is 216 g/mol. The van der Waals surface area contributed by atoms with E-state index in [1.807, 2.05) is 0 Å². The second-order valence-corrected chi connectivity index (χ2v) is 3.69. The highest BCUT2D eigenvalue weighted by atomic mass is 19.1. The molecule has 1 rings (SSSR count). The average molecular weight is 229 g/mol. The molecule has 16 heavy (non-hydrogen) atoms. The lowest BCUT2D eigenvalue weighted by atomic mass is 10.1. The predicted octanol–water partition coefficient (Wildman–Crippen LogP) is 2.04. The predicted molar refractivity (Wildman–Crippen MR) is 55.0 cm³/mol. The fourth-order valence-corrected chi connectivity index (χ4v) is 1.42. The standard InChI is InChI=1S/C11H13F2NO2/c1-7(14(2)6-11(15)16)8-3-9(12)5-10(13)4-8/h3-5,7H,6H2,1-2H3,(H,15,16). The molecule has 5 heteroatoms. The number of nitrogens with zero attached hydrogens (tertiary/aromatic N) is 1. The maximum Gasteiger partial charge on any atom is 0.317 e. The number of halogens is 2. The molecule has 88 valence electrons. The molecule has 0 aromatic heterocycles. The number of carbonyl (C=O) groups is 1. The van der Waals surface area contributed by atoms with Crippen molar-refractivity contribution < 1.29 is 18.7 Å². The molecular formula is C11H13F2NO2. The van der Waals surface area contributed by atoms with Gasteiger partial charge in [0, 0.05) is 12.1 Å². The van der Waals surface area contributed by atoms with Crippen LogP contribution in [0.3, 0.4) is 0 Å². The van der Waals surface area contributed by atoms with Crippen molar-refractivity contribution in [3.05, 3.63) is 35.4 Å². The molecule has 0 aliphatic carbocycles. The molecule has 0 bridgehead atoms. The summed E-state index contributed by atoms with van der Waals surface area (Å²) < 4.78 is 25.9. The second-order valence-electron chi connectivity index (χ2n) is 3.69. The normalized spacial score (nSPS) is 12.8. The van der Waals surface area contributed by atoms with Gasteiger partial charge in [0.2, 0.25) is 0 Å². The van der Waals surface area contributed by atoms with Crippen LogP contribution in [0.5, 0.6) is 0 Å². The Morgan fingerprint density at radius 3 is 2.31 bits per heavy atom. The van der Waals surface area contributed by atoms with E-state index in [0.29, 0.717) is 5.56 Å². The van der Waals surface area contributed by atoms with Gasteiger partial charge in [-0.2, -0.15) is 0 Å². The molecule has 0 saturated carbocycles. The number of aliphatic carboxylic acids is 1. The first kappa shape index (κ1) is 12.6. The van der Waals surface area contributed by atoms with Crippen LogP contribution in [0.1, 0.15) is 18.5 Å². The van der Waals surface area contributed by atoms with Crippen LogP contribution in [0.4, 0.5) is 8.78 Å². The van der Waals surface area contributed by atoms with Crippen LogP contribution >= 0.6 is 0 Å². The summed E-state index contributed by atoms with van der Waals surface area (Å²) in [6, 6.07) is 2.83. The number of carboxylic acids is 1. The molecule has 0 aliphatic rings. The molecule has 1 unspecified atom stereocenters. The van der Waals surface area contributed by atoms with Crippen LogP contribution in [0, 0.1) is 11.6 Å². The van der Waals surface area contributed by atoms with Gasteiger partial charge in [0.25, 0.3) is 0 Å². The van der Waals surface area contributed by atoms with E-state index < -0.39 is 17.6 Å². The Labute approximate surface area is 92.3 Å². The van der Waals surface area contributed by atoms with Crippen molar-refractivity contribution >= 4 is 5.97 Å². The maximum absolute atomic E-state index is 12.9. The molecule has 0 saturated heterocycles. The van der Waals surface area contributed by atoms with Crippen LogP contribution < -0.4 is 0 Å². The van der Waals surface area contributed by atoms with Gasteiger partial charge >= 0.3 is 5.97 Å². The Kier molecular flexibility index (Phi) is 3.95. The third-order valence-corrected chi connectivity index (χ3v) is 2.41. The Balaban J connectivity index is 2.86. The summed E-state index contributed by atoms with van der Waals surface area (Å²) in [6.45, 7) is 1.51. The number of likely N-dealkylation sites (N-methyl/N-ethyl adjacent to an activating group) is 1. The molecule has 1 aromatic rings. The van der Waals surface area contributed by atoms with Crippen LogP contribution in [-0.2, 0) is 4.79 Å². The van der Waals surface area contributed by atoms with Gasteiger partial charge in [-0.3, -0.25) is 9.69 Å². The Morgan fingerprint density at radius 2 is 1.88 bits per heavy atom. The van der Waals surface area contributed by atoms with E-state index in [-0.39, 0.29) is 12.6 Å². The average Bonchev–Trinajstić information content (AvgIpc) is 2.13. The van der Waals surface area contributed by atoms with Crippen molar-refractivity contribution in [2.75, 3.05) is 13.6 Å². The summed E-state index contributed by atoms with van der Waals surface area (Å²) in [6.07, 6.45) is 0. The molecule has 0 fully saturated rings. The van der Waals surface area contributed by atoms with E-state index in [1.54, 1.807) is 14.0 Å². The highest BCUT2D eigenvalue weighted by Crippen LogP contribution is 2.20. The number of rotatable bonds is 4. The van der Waals surface area contributed by atoms with Gasteiger partial charge in [0.15, 0.2) is 0 Å². The molecule has 0 radical (unpaired) electrons. The van der Waals surface area contributed by atoms with Crippen molar-refractivity contribution in [3.63, 3.8) is 0 Å². The number of hydrogen-bond donors (Lipinski definition) is 1. The molecule has 1 atom stereocenters. The molecule has 0 heterocycles. The van der Waals surface area contributed by atoms with Crippen LogP contribution in [0.25, 0.3) is 0 Å². The Bertz CT molecular complexity index is 375. The summed E-state index contributed by atoms with van der Waals surface area (Å²) in [5.74, 6) is -2.30. The van der Waals surface area contributed by atoms with E-state index in [0.717, 1.165) is 6.07 Å². The maximum atomic E-state index is 12.9. The van der Waals surface area contributed by atoms with Crippen LogP contribution in [0.15, 0.2) is 18.2 Å². The quantitative estimate of drug-likeness (QED) is 0.858. The number of hydrogen-bond acceptors (Lipinski definition) is 2. The van der Waals surface area contributed by atoms with Crippen molar-refractivity contribution in [3.8, 4) is 0 Å². The van der Waals surface area contributed by atoms with Gasteiger partial charge < -0.3 is 5.11 Å². The first-order valence-electron chi connectivity index (χ1n) is 4.78. The zero-order valence-electron chi connectivity index (χ0n) is 9.08. The summed E-state index contributed by atoms with van der Waals surface area (Å²) in [7, 11) is 1.58. The van der Waals surface area contributed by atoms with E-state index >= 15 is 0 Å². The molecule has 3 nitrogen and oxygen atoms in total. The Morgan fingerprint density at radius 1 is 1.38 bits per heavy atom. The van der Waals surface area contributed by atoms with Gasteiger partial charge in [0.05, 0.1) is 6.54 Å². The fourth-order valence-electron chi connectivity index (χ4n) is 1.42. The Hall–Kier alpha value is -1.49. The van der Waals surface area contributed by atoms with Crippen molar-refractivity contribution in [1.29, 1.82) is 0 Å². The molecule has 1 N–H and O–H groups in total. The first-order valence-corrected chi connectivity index (χ1v) is 4.78. The third kappa shape index (κ3) is 3.27. The molecule has 1 aromatic carbocycles. The van der Waals surface area contributed by atoms with Gasteiger partial charge in [-0.1, -0.05) is 0 Å². The minimum Gasteiger partial charge on any atom is -0.480 e. The molecule has 0 amide bonds. The first-order chi connectivity index (χ1) is 7.40. The van der Waals surface area contributed by atoms with Crippen molar-refractivity contribution in [2.24, 2.45) is 0 Å². The van der Waals surface area contributed by atoms with Gasteiger partial charge in [-0.25, -0.2) is 8.78 Å². The van der Waals surface area contributed by atoms with Gasteiger partial charge in [-0.15, -0.1) is 0 Å². The summed E-state index contributed by atoms with van der Waals surface area (Å²) in [5, 5.41) is 8.60. The van der Waals surface area contributed by atoms with E-state index in [4.69, 9.17) is 5.11 Å². The minimum absolute atomic E-state index is 0.181. The van der Waals surface area contributed by atoms with Crippen molar-refractivity contribution in [1.82, 2.24) is 4.90 Å². The summed E-state index contributed by atoms with van der Waals surface area (Å²) >= 11 is 0. The second kappa shape index (κ2) is 5.03. The number of benzene rings is 1. The lowest BCUT2D eigenvalue weighted by Gasteiger charge is -2.23. The molecule has 0 aliphatic heterocycles. The van der Waals surface area contributed by atoms with Crippen LogP contribution in [0.2, 0.25) is 0 Å². The van der Waals surface area contributed by atoms with Gasteiger partial charge in [-0.05, 0) is 31.7 Å². The fraction of sp³-hybridized carbons (Fsp3) is 0.364. The summed E-state index contributed by atoms with van der Waals surface area (Å²) in [4.78, 5) is 12.0. The number of carboxylic acid groups (broad SMARTS) is 1. The van der Waals surface area contributed by atoms with Crippen molar-refractivity contribution in [2.45, 2.75) is 13.0 Å².